The highest BCUT2D eigenvalue weighted by atomic mass is 32.1. The maximum absolute atomic E-state index is 12.8. The number of nitrogens with zero attached hydrogens (tertiary/aromatic N) is 1. The zero-order valence-electron chi connectivity index (χ0n) is 16.9. The van der Waals surface area contributed by atoms with Crippen molar-refractivity contribution in [3.05, 3.63) is 52.0 Å². The summed E-state index contributed by atoms with van der Waals surface area (Å²) in [6.07, 6.45) is 7.32. The summed E-state index contributed by atoms with van der Waals surface area (Å²) >= 11 is 1.69. The van der Waals surface area contributed by atoms with Gasteiger partial charge in [0.05, 0.1) is 17.5 Å². The number of hydrogen-bond donors (Lipinski definition) is 3. The highest BCUT2D eigenvalue weighted by molar-refractivity contribution is 7.09. The van der Waals surface area contributed by atoms with Gasteiger partial charge >= 0.3 is 5.97 Å². The lowest BCUT2D eigenvalue weighted by atomic mass is 9.84. The highest BCUT2D eigenvalue weighted by Gasteiger charge is 2.23. The molecular weight excluding hydrogens is 398 g/mol. The molecule has 1 aliphatic rings. The summed E-state index contributed by atoms with van der Waals surface area (Å²) in [6, 6.07) is 9.15. The second-order valence-corrected chi connectivity index (χ2v) is 9.21. The van der Waals surface area contributed by atoms with Crippen LogP contribution in [0.3, 0.4) is 0 Å². The van der Waals surface area contributed by atoms with Gasteiger partial charge in [0.2, 0.25) is 0 Å². The first kappa shape index (κ1) is 20.6. The van der Waals surface area contributed by atoms with Crippen molar-refractivity contribution in [2.24, 2.45) is 5.92 Å². The van der Waals surface area contributed by atoms with E-state index in [0.717, 1.165) is 42.5 Å². The van der Waals surface area contributed by atoms with Gasteiger partial charge in [0.15, 0.2) is 0 Å². The first-order chi connectivity index (χ1) is 14.6. The molecule has 1 aromatic carbocycles. The van der Waals surface area contributed by atoms with Crippen LogP contribution in [0.15, 0.2) is 35.7 Å². The number of carbonyl (C=O) groups is 2. The summed E-state index contributed by atoms with van der Waals surface area (Å²) in [5.41, 5.74) is 2.16. The van der Waals surface area contributed by atoms with Crippen molar-refractivity contribution in [1.82, 2.24) is 15.3 Å². The van der Waals surface area contributed by atoms with Gasteiger partial charge in [0, 0.05) is 22.9 Å². The minimum atomic E-state index is -0.877. The van der Waals surface area contributed by atoms with Gasteiger partial charge in [-0.25, -0.2) is 4.98 Å². The van der Waals surface area contributed by atoms with Crippen LogP contribution in [-0.2, 0) is 11.2 Å². The highest BCUT2D eigenvalue weighted by Crippen LogP contribution is 2.28. The lowest BCUT2D eigenvalue weighted by Crippen LogP contribution is -2.38. The third-order valence-electron chi connectivity index (χ3n) is 5.81. The van der Waals surface area contributed by atoms with E-state index >= 15 is 0 Å². The van der Waals surface area contributed by atoms with Crippen LogP contribution in [0.5, 0.6) is 0 Å². The molecule has 3 aromatic rings. The number of aromatic nitrogens is 2. The van der Waals surface area contributed by atoms with Crippen LogP contribution in [0.25, 0.3) is 11.0 Å². The Morgan fingerprint density at radius 3 is 2.80 bits per heavy atom. The van der Waals surface area contributed by atoms with Crippen molar-refractivity contribution in [1.29, 1.82) is 0 Å². The van der Waals surface area contributed by atoms with E-state index in [0.29, 0.717) is 11.5 Å². The number of fused-ring (bicyclic) bond motifs is 1. The Morgan fingerprint density at radius 2 is 2.07 bits per heavy atom. The van der Waals surface area contributed by atoms with Gasteiger partial charge in [0.1, 0.15) is 5.82 Å². The molecule has 0 aliphatic heterocycles. The topological polar surface area (TPSA) is 95.1 Å². The largest absolute Gasteiger partial charge is 0.481 e. The average molecular weight is 426 g/mol. The fourth-order valence-corrected chi connectivity index (χ4v) is 5.07. The number of aromatic amines is 1. The van der Waals surface area contributed by atoms with Crippen LogP contribution in [0.4, 0.5) is 0 Å². The number of benzene rings is 1. The van der Waals surface area contributed by atoms with Gasteiger partial charge in [-0.3, -0.25) is 9.59 Å². The molecule has 3 N–H and O–H groups in total. The molecule has 0 spiro atoms. The molecule has 1 saturated carbocycles. The summed E-state index contributed by atoms with van der Waals surface area (Å²) in [5, 5.41) is 14.3. The molecule has 1 unspecified atom stereocenters. The number of aliphatic carboxylic acids is 1. The number of amides is 1. The summed E-state index contributed by atoms with van der Waals surface area (Å²) in [4.78, 5) is 33.3. The monoisotopic (exact) mass is 425 g/mol. The van der Waals surface area contributed by atoms with Gasteiger partial charge in [-0.05, 0) is 42.0 Å². The Kier molecular flexibility index (Phi) is 6.47. The van der Waals surface area contributed by atoms with Gasteiger partial charge in [-0.15, -0.1) is 11.3 Å². The Bertz CT molecular complexity index is 1010. The van der Waals surface area contributed by atoms with Gasteiger partial charge in [-0.2, -0.15) is 0 Å². The first-order valence-electron chi connectivity index (χ1n) is 10.6. The molecule has 1 fully saturated rings. The summed E-state index contributed by atoms with van der Waals surface area (Å²) in [7, 11) is 0. The molecule has 2 aromatic heterocycles. The van der Waals surface area contributed by atoms with E-state index in [1.54, 1.807) is 23.5 Å². The zero-order chi connectivity index (χ0) is 20.9. The van der Waals surface area contributed by atoms with E-state index in [2.05, 4.69) is 21.4 Å². The van der Waals surface area contributed by atoms with Crippen molar-refractivity contribution in [2.75, 3.05) is 0 Å². The second-order valence-electron chi connectivity index (χ2n) is 8.18. The molecule has 158 valence electrons. The minimum Gasteiger partial charge on any atom is -0.481 e. The lowest BCUT2D eigenvalue weighted by molar-refractivity contribution is -0.137. The number of hydrogen-bond acceptors (Lipinski definition) is 4. The molecule has 1 atom stereocenters. The average Bonchev–Trinajstić information content (AvgIpc) is 3.37. The van der Waals surface area contributed by atoms with Crippen molar-refractivity contribution >= 4 is 34.2 Å². The molecule has 4 rings (SSSR count). The molecule has 0 radical (unpaired) electrons. The van der Waals surface area contributed by atoms with Crippen molar-refractivity contribution in [3.8, 4) is 0 Å². The number of nitrogens with one attached hydrogen (secondary N) is 2. The second kappa shape index (κ2) is 9.43. The quantitative estimate of drug-likeness (QED) is 0.485. The fraction of sp³-hybridized carbons (Fsp3) is 0.435. The summed E-state index contributed by atoms with van der Waals surface area (Å²) in [6.45, 7) is 0. The van der Waals surface area contributed by atoms with Crippen molar-refractivity contribution in [3.63, 3.8) is 0 Å². The lowest BCUT2D eigenvalue weighted by Gasteiger charge is -2.26. The number of carboxylic acid groups (broad SMARTS) is 1. The maximum Gasteiger partial charge on any atom is 0.305 e. The fourth-order valence-electron chi connectivity index (χ4n) is 4.36. The van der Waals surface area contributed by atoms with E-state index in [-0.39, 0.29) is 18.4 Å². The van der Waals surface area contributed by atoms with E-state index < -0.39 is 5.97 Å². The smallest absolute Gasteiger partial charge is 0.305 e. The Hall–Kier alpha value is -2.67. The number of rotatable bonds is 8. The van der Waals surface area contributed by atoms with Crippen LogP contribution < -0.4 is 5.32 Å². The number of carboxylic acids is 1. The first-order valence-corrected chi connectivity index (χ1v) is 11.5. The van der Waals surface area contributed by atoms with E-state index in [9.17, 15) is 14.7 Å². The van der Waals surface area contributed by atoms with Crippen LogP contribution >= 0.6 is 11.3 Å². The van der Waals surface area contributed by atoms with Crippen LogP contribution in [-0.4, -0.2) is 33.0 Å². The normalized spacial score (nSPS) is 15.9. The number of imidazole rings is 1. The molecule has 30 heavy (non-hydrogen) atoms. The van der Waals surface area contributed by atoms with Crippen LogP contribution in [0.1, 0.15) is 66.0 Å². The maximum atomic E-state index is 12.8. The van der Waals surface area contributed by atoms with Crippen molar-refractivity contribution in [2.45, 2.75) is 57.4 Å². The summed E-state index contributed by atoms with van der Waals surface area (Å²) < 4.78 is 0. The molecule has 1 amide bonds. The van der Waals surface area contributed by atoms with Crippen LogP contribution in [0.2, 0.25) is 0 Å². The van der Waals surface area contributed by atoms with E-state index in [1.165, 1.54) is 24.1 Å². The molecule has 0 saturated heterocycles. The Balaban J connectivity index is 1.45. The SMILES string of the molecule is O=C(O)CC(CC1CCCCC1)NC(=O)c1ccc2nc(Cc3cccs3)[nH]c2c1. The third kappa shape index (κ3) is 5.27. The van der Waals surface area contributed by atoms with Gasteiger partial charge in [0.25, 0.3) is 5.91 Å². The number of H-pyrrole nitrogens is 1. The number of carbonyl (C=O) groups excluding carboxylic acids is 1. The minimum absolute atomic E-state index is 0.0422. The number of thiophene rings is 1. The molecular formula is C23H27N3O3S. The Morgan fingerprint density at radius 1 is 1.23 bits per heavy atom. The third-order valence-corrected chi connectivity index (χ3v) is 6.69. The van der Waals surface area contributed by atoms with Gasteiger partial charge in [-0.1, -0.05) is 38.2 Å². The molecule has 1 aliphatic carbocycles. The molecule has 0 bridgehead atoms. The molecule has 7 heteroatoms. The predicted octanol–water partition coefficient (Wildman–Crippen LogP) is 4.76. The predicted molar refractivity (Wildman–Crippen MR) is 118 cm³/mol. The van der Waals surface area contributed by atoms with Crippen molar-refractivity contribution < 1.29 is 14.7 Å². The summed E-state index contributed by atoms with van der Waals surface area (Å²) in [5.74, 6) is 0.260. The van der Waals surface area contributed by atoms with E-state index in [4.69, 9.17) is 0 Å². The van der Waals surface area contributed by atoms with Crippen LogP contribution in [0, 0.1) is 5.92 Å². The van der Waals surface area contributed by atoms with Gasteiger partial charge < -0.3 is 15.4 Å². The standard InChI is InChI=1S/C23H27N3O3S/c27-22(28)13-17(11-15-5-2-1-3-6-15)24-23(29)16-8-9-19-20(12-16)26-21(25-19)14-18-7-4-10-30-18/h4,7-10,12,15,17H,1-3,5-6,11,13-14H2,(H,24,29)(H,25,26)(H,27,28). The zero-order valence-corrected chi connectivity index (χ0v) is 17.7. The Labute approximate surface area is 179 Å². The molecule has 6 nitrogen and oxygen atoms in total. The van der Waals surface area contributed by atoms with E-state index in [1.807, 2.05) is 17.5 Å². The molecule has 2 heterocycles.